The SMILES string of the molecule is Cc1cc(C)c(CO)c(N(CCO)C2CCC2)n1. The van der Waals surface area contributed by atoms with E-state index in [1.54, 1.807) is 0 Å². The zero-order valence-corrected chi connectivity index (χ0v) is 11.2. The zero-order chi connectivity index (χ0) is 13.1. The van der Waals surface area contributed by atoms with E-state index in [1.807, 2.05) is 19.9 Å². The summed E-state index contributed by atoms with van der Waals surface area (Å²) in [6.45, 7) is 4.68. The third-order valence-electron chi connectivity index (χ3n) is 3.74. The monoisotopic (exact) mass is 250 g/mol. The molecule has 0 radical (unpaired) electrons. The summed E-state index contributed by atoms with van der Waals surface area (Å²) in [6, 6.07) is 2.46. The van der Waals surface area contributed by atoms with Gasteiger partial charge in [-0.3, -0.25) is 0 Å². The Bertz CT molecular complexity index is 417. The second-order valence-corrected chi connectivity index (χ2v) is 5.04. The minimum absolute atomic E-state index is 0.00307. The van der Waals surface area contributed by atoms with Gasteiger partial charge in [0.1, 0.15) is 5.82 Å². The van der Waals surface area contributed by atoms with Crippen molar-refractivity contribution in [3.05, 3.63) is 22.9 Å². The van der Waals surface area contributed by atoms with E-state index in [0.29, 0.717) is 12.6 Å². The molecule has 0 spiro atoms. The van der Waals surface area contributed by atoms with Crippen LogP contribution < -0.4 is 4.90 Å². The Balaban J connectivity index is 2.38. The van der Waals surface area contributed by atoms with Crippen molar-refractivity contribution in [3.63, 3.8) is 0 Å². The molecule has 1 aromatic heterocycles. The number of hydrogen-bond donors (Lipinski definition) is 2. The lowest BCUT2D eigenvalue weighted by Gasteiger charge is -2.39. The molecule has 0 aromatic carbocycles. The Kier molecular flexibility index (Phi) is 4.19. The summed E-state index contributed by atoms with van der Waals surface area (Å²) in [6.07, 6.45) is 3.55. The normalized spacial score (nSPS) is 15.6. The van der Waals surface area contributed by atoms with Gasteiger partial charge in [-0.1, -0.05) is 0 Å². The Labute approximate surface area is 108 Å². The van der Waals surface area contributed by atoms with Gasteiger partial charge in [-0.2, -0.15) is 0 Å². The first kappa shape index (κ1) is 13.3. The minimum atomic E-state index is 0.00307. The average Bonchev–Trinajstić information content (AvgIpc) is 2.25. The molecule has 0 atom stereocenters. The fourth-order valence-electron chi connectivity index (χ4n) is 2.54. The first-order valence-electron chi connectivity index (χ1n) is 6.63. The first-order chi connectivity index (χ1) is 8.67. The van der Waals surface area contributed by atoms with Crippen molar-refractivity contribution < 1.29 is 10.2 Å². The van der Waals surface area contributed by atoms with E-state index < -0.39 is 0 Å². The minimum Gasteiger partial charge on any atom is -0.395 e. The van der Waals surface area contributed by atoms with Gasteiger partial charge in [-0.15, -0.1) is 0 Å². The van der Waals surface area contributed by atoms with Crippen molar-refractivity contribution in [2.45, 2.75) is 45.8 Å². The van der Waals surface area contributed by atoms with Crippen LogP contribution >= 0.6 is 0 Å². The van der Waals surface area contributed by atoms with E-state index in [0.717, 1.165) is 35.5 Å². The van der Waals surface area contributed by atoms with Crippen LogP contribution in [0.1, 0.15) is 36.1 Å². The maximum Gasteiger partial charge on any atom is 0.134 e. The predicted octanol–water partition coefficient (Wildman–Crippen LogP) is 1.54. The number of rotatable bonds is 5. The number of anilines is 1. The van der Waals surface area contributed by atoms with Crippen LogP contribution in [-0.4, -0.2) is 34.4 Å². The van der Waals surface area contributed by atoms with Gasteiger partial charge < -0.3 is 15.1 Å². The first-order valence-corrected chi connectivity index (χ1v) is 6.63. The van der Waals surface area contributed by atoms with Crippen LogP contribution in [0.2, 0.25) is 0 Å². The maximum absolute atomic E-state index is 9.55. The molecule has 18 heavy (non-hydrogen) atoms. The van der Waals surface area contributed by atoms with E-state index in [-0.39, 0.29) is 13.2 Å². The van der Waals surface area contributed by atoms with Gasteiger partial charge in [-0.25, -0.2) is 4.98 Å². The molecule has 1 saturated carbocycles. The molecule has 2 rings (SSSR count). The fourth-order valence-corrected chi connectivity index (χ4v) is 2.54. The number of aliphatic hydroxyl groups excluding tert-OH is 2. The molecule has 0 saturated heterocycles. The zero-order valence-electron chi connectivity index (χ0n) is 11.2. The number of hydrogen-bond acceptors (Lipinski definition) is 4. The van der Waals surface area contributed by atoms with Crippen LogP contribution in [0.25, 0.3) is 0 Å². The standard InChI is InChI=1S/C14H22N2O2/c1-10-8-11(2)15-14(13(10)9-18)16(6-7-17)12-4-3-5-12/h8,12,17-18H,3-7,9H2,1-2H3. The fraction of sp³-hybridized carbons (Fsp3) is 0.643. The molecule has 2 N–H and O–H groups in total. The Hall–Kier alpha value is -1.13. The molecule has 100 valence electrons. The molecule has 4 nitrogen and oxygen atoms in total. The van der Waals surface area contributed by atoms with Crippen LogP contribution in [0.4, 0.5) is 5.82 Å². The van der Waals surface area contributed by atoms with Gasteiger partial charge in [0, 0.05) is 23.8 Å². The van der Waals surface area contributed by atoms with E-state index in [1.165, 1.54) is 6.42 Å². The molecule has 1 aliphatic rings. The van der Waals surface area contributed by atoms with Gasteiger partial charge in [0.05, 0.1) is 13.2 Å². The molecule has 1 aromatic rings. The highest BCUT2D eigenvalue weighted by Crippen LogP contribution is 2.31. The van der Waals surface area contributed by atoms with Crippen LogP contribution in [0.15, 0.2) is 6.07 Å². The van der Waals surface area contributed by atoms with Crippen molar-refractivity contribution in [2.24, 2.45) is 0 Å². The average molecular weight is 250 g/mol. The molecule has 1 aliphatic carbocycles. The van der Waals surface area contributed by atoms with Gasteiger partial charge in [0.25, 0.3) is 0 Å². The number of pyridine rings is 1. The van der Waals surface area contributed by atoms with Crippen molar-refractivity contribution in [2.75, 3.05) is 18.1 Å². The highest BCUT2D eigenvalue weighted by atomic mass is 16.3. The molecule has 0 amide bonds. The molecule has 0 bridgehead atoms. The number of aliphatic hydroxyl groups is 2. The van der Waals surface area contributed by atoms with Crippen molar-refractivity contribution in [1.29, 1.82) is 0 Å². The summed E-state index contributed by atoms with van der Waals surface area (Å²) in [5, 5.41) is 18.8. The third kappa shape index (κ3) is 2.49. The van der Waals surface area contributed by atoms with Crippen molar-refractivity contribution in [3.8, 4) is 0 Å². The number of aromatic nitrogens is 1. The summed E-state index contributed by atoms with van der Waals surface area (Å²) in [5.74, 6) is 0.855. The van der Waals surface area contributed by atoms with Gasteiger partial charge >= 0.3 is 0 Å². The molecular formula is C14H22N2O2. The van der Waals surface area contributed by atoms with E-state index >= 15 is 0 Å². The van der Waals surface area contributed by atoms with E-state index in [4.69, 9.17) is 0 Å². The van der Waals surface area contributed by atoms with Crippen LogP contribution in [-0.2, 0) is 6.61 Å². The topological polar surface area (TPSA) is 56.6 Å². The van der Waals surface area contributed by atoms with Gasteiger partial charge in [0.15, 0.2) is 0 Å². The highest BCUT2D eigenvalue weighted by Gasteiger charge is 2.27. The largest absolute Gasteiger partial charge is 0.395 e. The van der Waals surface area contributed by atoms with E-state index in [2.05, 4.69) is 9.88 Å². The molecular weight excluding hydrogens is 228 g/mol. The summed E-state index contributed by atoms with van der Waals surface area (Å²) in [7, 11) is 0. The summed E-state index contributed by atoms with van der Waals surface area (Å²) < 4.78 is 0. The lowest BCUT2D eigenvalue weighted by atomic mass is 9.91. The lowest BCUT2D eigenvalue weighted by Crippen LogP contribution is -2.43. The van der Waals surface area contributed by atoms with Gasteiger partial charge in [-0.05, 0) is 44.7 Å². The Morgan fingerprint density at radius 2 is 2.06 bits per heavy atom. The lowest BCUT2D eigenvalue weighted by molar-refractivity contribution is 0.272. The van der Waals surface area contributed by atoms with Crippen LogP contribution in [0, 0.1) is 13.8 Å². The summed E-state index contributed by atoms with van der Waals surface area (Å²) in [5.41, 5.74) is 2.92. The third-order valence-corrected chi connectivity index (χ3v) is 3.74. The smallest absolute Gasteiger partial charge is 0.134 e. The van der Waals surface area contributed by atoms with Crippen molar-refractivity contribution >= 4 is 5.82 Å². The van der Waals surface area contributed by atoms with Gasteiger partial charge in [0.2, 0.25) is 0 Å². The Morgan fingerprint density at radius 1 is 1.33 bits per heavy atom. The molecule has 4 heteroatoms. The molecule has 0 unspecified atom stereocenters. The quantitative estimate of drug-likeness (QED) is 0.832. The van der Waals surface area contributed by atoms with Crippen LogP contribution in [0.3, 0.4) is 0 Å². The molecule has 0 aliphatic heterocycles. The van der Waals surface area contributed by atoms with E-state index in [9.17, 15) is 10.2 Å². The highest BCUT2D eigenvalue weighted by molar-refractivity contribution is 5.52. The molecule has 1 heterocycles. The predicted molar refractivity (Wildman–Crippen MR) is 71.7 cm³/mol. The van der Waals surface area contributed by atoms with Crippen LogP contribution in [0.5, 0.6) is 0 Å². The number of aryl methyl sites for hydroxylation is 2. The maximum atomic E-state index is 9.55. The number of nitrogens with zero attached hydrogens (tertiary/aromatic N) is 2. The van der Waals surface area contributed by atoms with Crippen molar-refractivity contribution in [1.82, 2.24) is 4.98 Å². The second-order valence-electron chi connectivity index (χ2n) is 5.04. The Morgan fingerprint density at radius 3 is 2.56 bits per heavy atom. The summed E-state index contributed by atoms with van der Waals surface area (Å²) in [4.78, 5) is 6.74. The summed E-state index contributed by atoms with van der Waals surface area (Å²) >= 11 is 0. The molecule has 1 fully saturated rings. The second kappa shape index (κ2) is 5.67.